The second-order valence-corrected chi connectivity index (χ2v) is 8.54. The van der Waals surface area contributed by atoms with Gasteiger partial charge in [-0.25, -0.2) is 9.78 Å². The minimum absolute atomic E-state index is 0.0172. The van der Waals surface area contributed by atoms with Crippen LogP contribution < -0.4 is 5.32 Å². The first-order chi connectivity index (χ1) is 13.3. The van der Waals surface area contributed by atoms with Crippen LogP contribution in [0, 0.1) is 0 Å². The van der Waals surface area contributed by atoms with Gasteiger partial charge >= 0.3 is 12.0 Å². The summed E-state index contributed by atoms with van der Waals surface area (Å²) in [6, 6.07) is 4.29. The number of rotatable bonds is 7. The Kier molecular flexibility index (Phi) is 6.42. The second kappa shape index (κ2) is 8.80. The standard InChI is InChI=1S/C21H32N4O3/c1-21(2,3)28-18(26)10-13-25-15-14-24(20(25)27)12-5-7-17-9-8-16-6-4-11-22-19(16)23-17/h8-9H,4-7,10-15H2,1-3H3,(H,22,23). The zero-order valence-electron chi connectivity index (χ0n) is 17.3. The lowest BCUT2D eigenvalue weighted by Gasteiger charge is -2.21. The molecule has 1 N–H and O–H groups in total. The summed E-state index contributed by atoms with van der Waals surface area (Å²) in [4.78, 5) is 32.7. The number of nitrogens with one attached hydrogen (secondary N) is 1. The number of urea groups is 1. The Morgan fingerprint density at radius 1 is 1.21 bits per heavy atom. The molecule has 0 atom stereocenters. The highest BCUT2D eigenvalue weighted by molar-refractivity contribution is 5.77. The van der Waals surface area contributed by atoms with E-state index in [-0.39, 0.29) is 18.4 Å². The average Bonchev–Trinajstić information content (AvgIpc) is 2.98. The van der Waals surface area contributed by atoms with Gasteiger partial charge in [0.25, 0.3) is 0 Å². The number of amides is 2. The highest BCUT2D eigenvalue weighted by Gasteiger charge is 2.28. The van der Waals surface area contributed by atoms with Gasteiger partial charge in [-0.2, -0.15) is 0 Å². The van der Waals surface area contributed by atoms with E-state index in [9.17, 15) is 9.59 Å². The Labute approximate surface area is 167 Å². The molecule has 0 spiro atoms. The van der Waals surface area contributed by atoms with Crippen LogP contribution >= 0.6 is 0 Å². The van der Waals surface area contributed by atoms with Crippen molar-refractivity contribution in [3.63, 3.8) is 0 Å². The van der Waals surface area contributed by atoms with Gasteiger partial charge in [0.05, 0.1) is 6.42 Å². The van der Waals surface area contributed by atoms with Crippen molar-refractivity contribution in [2.75, 3.05) is 38.0 Å². The number of carbonyl (C=O) groups excluding carboxylic acids is 2. The number of hydrogen-bond acceptors (Lipinski definition) is 5. The molecule has 1 aromatic rings. The van der Waals surface area contributed by atoms with Crippen LogP contribution in [-0.4, -0.2) is 65.1 Å². The average molecular weight is 389 g/mol. The lowest BCUT2D eigenvalue weighted by molar-refractivity contribution is -0.154. The molecule has 0 saturated carbocycles. The third-order valence-corrected chi connectivity index (χ3v) is 5.00. The first kappa shape index (κ1) is 20.4. The molecule has 2 amide bonds. The molecule has 2 aliphatic rings. The van der Waals surface area contributed by atoms with Crippen molar-refractivity contribution in [1.82, 2.24) is 14.8 Å². The van der Waals surface area contributed by atoms with E-state index in [0.717, 1.165) is 43.7 Å². The molecule has 1 fully saturated rings. The molecule has 0 aromatic carbocycles. The number of ether oxygens (including phenoxy) is 1. The van der Waals surface area contributed by atoms with Crippen molar-refractivity contribution in [3.8, 4) is 0 Å². The number of anilines is 1. The van der Waals surface area contributed by atoms with E-state index in [2.05, 4.69) is 17.4 Å². The molecule has 2 aliphatic heterocycles. The van der Waals surface area contributed by atoms with Crippen molar-refractivity contribution >= 4 is 17.8 Å². The van der Waals surface area contributed by atoms with E-state index < -0.39 is 5.60 Å². The van der Waals surface area contributed by atoms with Gasteiger partial charge in [0.2, 0.25) is 0 Å². The maximum Gasteiger partial charge on any atom is 0.320 e. The Morgan fingerprint density at radius 2 is 1.96 bits per heavy atom. The van der Waals surface area contributed by atoms with E-state index in [1.54, 1.807) is 4.90 Å². The number of nitrogens with zero attached hydrogens (tertiary/aromatic N) is 3. The van der Waals surface area contributed by atoms with Gasteiger partial charge in [-0.1, -0.05) is 6.07 Å². The molecular formula is C21H32N4O3. The van der Waals surface area contributed by atoms with Crippen LogP contribution in [0.4, 0.5) is 10.6 Å². The molecule has 1 aromatic heterocycles. The Balaban J connectivity index is 1.40. The number of pyridine rings is 1. The summed E-state index contributed by atoms with van der Waals surface area (Å²) < 4.78 is 5.31. The molecule has 0 unspecified atom stereocenters. The Morgan fingerprint density at radius 3 is 2.71 bits per heavy atom. The molecule has 28 heavy (non-hydrogen) atoms. The third-order valence-electron chi connectivity index (χ3n) is 5.00. The van der Waals surface area contributed by atoms with Gasteiger partial charge in [-0.3, -0.25) is 4.79 Å². The highest BCUT2D eigenvalue weighted by atomic mass is 16.6. The normalized spacial score (nSPS) is 16.8. The summed E-state index contributed by atoms with van der Waals surface area (Å²) in [5.74, 6) is 0.764. The molecule has 0 radical (unpaired) electrons. The monoisotopic (exact) mass is 388 g/mol. The lowest BCUT2D eigenvalue weighted by atomic mass is 10.1. The number of aryl methyl sites for hydroxylation is 2. The van der Waals surface area contributed by atoms with Crippen molar-refractivity contribution in [2.45, 2.75) is 58.5 Å². The van der Waals surface area contributed by atoms with Crippen molar-refractivity contribution in [2.24, 2.45) is 0 Å². The van der Waals surface area contributed by atoms with Gasteiger partial charge in [0.1, 0.15) is 11.4 Å². The van der Waals surface area contributed by atoms with Crippen LogP contribution in [0.15, 0.2) is 12.1 Å². The summed E-state index contributed by atoms with van der Waals surface area (Å²) in [7, 11) is 0. The molecule has 0 bridgehead atoms. The largest absolute Gasteiger partial charge is 0.460 e. The van der Waals surface area contributed by atoms with Crippen LogP contribution in [-0.2, 0) is 22.4 Å². The zero-order valence-corrected chi connectivity index (χ0v) is 17.3. The van der Waals surface area contributed by atoms with Crippen LogP contribution in [0.5, 0.6) is 0 Å². The van der Waals surface area contributed by atoms with E-state index in [4.69, 9.17) is 9.72 Å². The van der Waals surface area contributed by atoms with E-state index in [0.29, 0.717) is 26.2 Å². The zero-order chi connectivity index (χ0) is 20.1. The quantitative estimate of drug-likeness (QED) is 0.727. The van der Waals surface area contributed by atoms with Crippen LogP contribution in [0.2, 0.25) is 0 Å². The molecular weight excluding hydrogens is 356 g/mol. The number of carbonyl (C=O) groups is 2. The summed E-state index contributed by atoms with van der Waals surface area (Å²) in [6.45, 7) is 9.05. The fourth-order valence-corrected chi connectivity index (χ4v) is 3.63. The third kappa shape index (κ3) is 5.59. The predicted molar refractivity (Wildman–Crippen MR) is 108 cm³/mol. The van der Waals surface area contributed by atoms with Crippen molar-refractivity contribution in [3.05, 3.63) is 23.4 Å². The fraction of sp³-hybridized carbons (Fsp3) is 0.667. The molecule has 154 valence electrons. The molecule has 7 heteroatoms. The molecule has 0 aliphatic carbocycles. The van der Waals surface area contributed by atoms with E-state index >= 15 is 0 Å². The Hall–Kier alpha value is -2.31. The maximum absolute atomic E-state index is 12.5. The minimum atomic E-state index is -0.488. The second-order valence-electron chi connectivity index (χ2n) is 8.54. The van der Waals surface area contributed by atoms with Crippen LogP contribution in [0.3, 0.4) is 0 Å². The van der Waals surface area contributed by atoms with Gasteiger partial charge in [-0.15, -0.1) is 0 Å². The summed E-state index contributed by atoms with van der Waals surface area (Å²) in [6.07, 6.45) is 4.24. The molecule has 3 rings (SSSR count). The van der Waals surface area contributed by atoms with Gasteiger partial charge < -0.3 is 19.9 Å². The van der Waals surface area contributed by atoms with Gasteiger partial charge in [0, 0.05) is 38.4 Å². The molecule has 1 saturated heterocycles. The number of esters is 1. The fourth-order valence-electron chi connectivity index (χ4n) is 3.63. The number of hydrogen-bond donors (Lipinski definition) is 1. The SMILES string of the molecule is CC(C)(C)OC(=O)CCN1CCN(CCCc2ccc3c(n2)NCCC3)C1=O. The van der Waals surface area contributed by atoms with Gasteiger partial charge in [-0.05, 0) is 58.1 Å². The van der Waals surface area contributed by atoms with Crippen molar-refractivity contribution in [1.29, 1.82) is 0 Å². The predicted octanol–water partition coefficient (Wildman–Crippen LogP) is 2.84. The first-order valence-corrected chi connectivity index (χ1v) is 10.3. The van der Waals surface area contributed by atoms with Crippen LogP contribution in [0.1, 0.15) is 51.3 Å². The van der Waals surface area contributed by atoms with E-state index in [1.807, 2.05) is 25.7 Å². The first-order valence-electron chi connectivity index (χ1n) is 10.3. The highest BCUT2D eigenvalue weighted by Crippen LogP contribution is 2.20. The summed E-state index contributed by atoms with van der Waals surface area (Å²) >= 11 is 0. The lowest BCUT2D eigenvalue weighted by Crippen LogP contribution is -2.34. The summed E-state index contributed by atoms with van der Waals surface area (Å²) in [5.41, 5.74) is 1.88. The Bertz CT molecular complexity index is 714. The number of fused-ring (bicyclic) bond motifs is 1. The van der Waals surface area contributed by atoms with Gasteiger partial charge in [0.15, 0.2) is 0 Å². The molecule has 7 nitrogen and oxygen atoms in total. The smallest absolute Gasteiger partial charge is 0.320 e. The molecule has 3 heterocycles. The summed E-state index contributed by atoms with van der Waals surface area (Å²) in [5, 5.41) is 3.36. The minimum Gasteiger partial charge on any atom is -0.460 e. The topological polar surface area (TPSA) is 74.8 Å². The van der Waals surface area contributed by atoms with Crippen LogP contribution in [0.25, 0.3) is 0 Å². The van der Waals surface area contributed by atoms with E-state index in [1.165, 1.54) is 5.56 Å². The van der Waals surface area contributed by atoms with Crippen molar-refractivity contribution < 1.29 is 14.3 Å². The maximum atomic E-state index is 12.5. The number of aromatic nitrogens is 1.